The summed E-state index contributed by atoms with van der Waals surface area (Å²) in [6.45, 7) is -0.00902. The Morgan fingerprint density at radius 2 is 2.04 bits per heavy atom. The van der Waals surface area contributed by atoms with Crippen molar-refractivity contribution in [2.45, 2.75) is 31.9 Å². The highest BCUT2D eigenvalue weighted by atomic mass is 35.5. The molecule has 0 saturated heterocycles. The third kappa shape index (κ3) is 4.11. The van der Waals surface area contributed by atoms with Gasteiger partial charge in [-0.05, 0) is 25.0 Å². The molecule has 0 spiro atoms. The second-order valence-electron chi connectivity index (χ2n) is 5.97. The van der Waals surface area contributed by atoms with E-state index in [9.17, 15) is 14.7 Å². The molecule has 1 aromatic carbocycles. The Bertz CT molecular complexity index is 803. The van der Waals surface area contributed by atoms with Crippen LogP contribution in [0.4, 0.5) is 0 Å². The Balaban J connectivity index is 1.61. The van der Waals surface area contributed by atoms with Crippen LogP contribution in [0.5, 0.6) is 5.75 Å². The van der Waals surface area contributed by atoms with Crippen molar-refractivity contribution in [2.24, 2.45) is 5.92 Å². The number of halogens is 2. The van der Waals surface area contributed by atoms with Crippen molar-refractivity contribution >= 4 is 35.1 Å². The zero-order valence-electron chi connectivity index (χ0n) is 13.6. The van der Waals surface area contributed by atoms with E-state index in [1.54, 1.807) is 18.2 Å². The highest BCUT2D eigenvalue weighted by Gasteiger charge is 2.34. The molecule has 7 nitrogen and oxygen atoms in total. The average Bonchev–Trinajstić information content (AvgIpc) is 3.23. The van der Waals surface area contributed by atoms with Gasteiger partial charge in [-0.1, -0.05) is 40.8 Å². The predicted molar refractivity (Wildman–Crippen MR) is 93.5 cm³/mol. The summed E-state index contributed by atoms with van der Waals surface area (Å²) in [5, 5.41) is 16.3. The van der Waals surface area contributed by atoms with Gasteiger partial charge in [0.1, 0.15) is 6.61 Å². The molecule has 3 rings (SSSR count). The second-order valence-corrected chi connectivity index (χ2v) is 6.79. The first-order valence-corrected chi connectivity index (χ1v) is 8.77. The Hall–Kier alpha value is -2.25. The summed E-state index contributed by atoms with van der Waals surface area (Å²) in [6, 6.07) is 6.01. The van der Waals surface area contributed by atoms with E-state index in [0.29, 0.717) is 34.4 Å². The summed E-state index contributed by atoms with van der Waals surface area (Å²) in [5.74, 6) is -1.33. The number of aliphatic carboxylic acids is 1. The zero-order valence-corrected chi connectivity index (χ0v) is 15.1. The maximum atomic E-state index is 12.3. The average molecular weight is 399 g/mol. The van der Waals surface area contributed by atoms with E-state index in [4.69, 9.17) is 32.5 Å². The van der Waals surface area contributed by atoms with Gasteiger partial charge in [-0.25, -0.2) is 0 Å². The lowest BCUT2D eigenvalue weighted by Gasteiger charge is -2.16. The maximum Gasteiger partial charge on any atom is 0.308 e. The summed E-state index contributed by atoms with van der Waals surface area (Å²) in [6.07, 6.45) is 1.94. The topological polar surface area (TPSA) is 102 Å². The highest BCUT2D eigenvalue weighted by Crippen LogP contribution is 2.33. The number of nitrogens with zero attached hydrogens (tertiary/aromatic N) is 1. The van der Waals surface area contributed by atoms with Crippen LogP contribution in [0.1, 0.15) is 35.5 Å². The SMILES string of the molecule is O=C(N[C@H]1CCC[C@H]1C(=O)O)c1cc(COc2c(Cl)cccc2Cl)on1. The van der Waals surface area contributed by atoms with Gasteiger partial charge < -0.3 is 19.7 Å². The van der Waals surface area contributed by atoms with E-state index >= 15 is 0 Å². The van der Waals surface area contributed by atoms with E-state index in [1.165, 1.54) is 6.07 Å². The number of amides is 1. The van der Waals surface area contributed by atoms with E-state index in [1.807, 2.05) is 0 Å². The van der Waals surface area contributed by atoms with Crippen LogP contribution in [-0.2, 0) is 11.4 Å². The fourth-order valence-electron chi connectivity index (χ4n) is 2.92. The number of aromatic nitrogens is 1. The number of carboxylic acids is 1. The molecule has 1 fully saturated rings. The Kier molecular flexibility index (Phi) is 5.68. The summed E-state index contributed by atoms with van der Waals surface area (Å²) in [4.78, 5) is 23.4. The van der Waals surface area contributed by atoms with Gasteiger partial charge in [0.05, 0.1) is 16.0 Å². The van der Waals surface area contributed by atoms with Crippen LogP contribution in [0, 0.1) is 5.92 Å². The molecule has 1 amide bonds. The van der Waals surface area contributed by atoms with Crippen LogP contribution in [0.25, 0.3) is 0 Å². The molecule has 0 unspecified atom stereocenters. The number of para-hydroxylation sites is 1. The molecule has 1 saturated carbocycles. The van der Waals surface area contributed by atoms with Crippen molar-refractivity contribution in [3.63, 3.8) is 0 Å². The molecule has 26 heavy (non-hydrogen) atoms. The second kappa shape index (κ2) is 7.97. The molecule has 1 aliphatic rings. The normalized spacial score (nSPS) is 19.3. The van der Waals surface area contributed by atoms with Crippen molar-refractivity contribution < 1.29 is 24.0 Å². The van der Waals surface area contributed by atoms with E-state index in [0.717, 1.165) is 6.42 Å². The summed E-state index contributed by atoms with van der Waals surface area (Å²) in [7, 11) is 0. The third-order valence-corrected chi connectivity index (χ3v) is 4.81. The van der Waals surface area contributed by atoms with Crippen molar-refractivity contribution in [2.75, 3.05) is 0 Å². The first-order valence-electron chi connectivity index (χ1n) is 8.02. The minimum atomic E-state index is -0.904. The number of carboxylic acid groups (broad SMARTS) is 1. The molecule has 2 atom stereocenters. The molecule has 138 valence electrons. The van der Waals surface area contributed by atoms with Gasteiger partial charge >= 0.3 is 5.97 Å². The number of hydrogen-bond donors (Lipinski definition) is 2. The lowest BCUT2D eigenvalue weighted by atomic mass is 10.0. The number of ether oxygens (including phenoxy) is 1. The largest absolute Gasteiger partial charge is 0.482 e. The van der Waals surface area contributed by atoms with Crippen LogP contribution < -0.4 is 10.1 Å². The van der Waals surface area contributed by atoms with Crippen molar-refractivity contribution in [1.29, 1.82) is 0 Å². The Labute approximate surface area is 159 Å². The molecule has 9 heteroatoms. The van der Waals surface area contributed by atoms with Gasteiger partial charge in [0.25, 0.3) is 5.91 Å². The van der Waals surface area contributed by atoms with E-state index in [2.05, 4.69) is 10.5 Å². The molecule has 0 radical (unpaired) electrons. The Morgan fingerprint density at radius 1 is 1.31 bits per heavy atom. The maximum absolute atomic E-state index is 12.3. The number of hydrogen-bond acceptors (Lipinski definition) is 5. The molecule has 1 aliphatic carbocycles. The first kappa shape index (κ1) is 18.5. The molecule has 0 aliphatic heterocycles. The van der Waals surface area contributed by atoms with Crippen molar-refractivity contribution in [1.82, 2.24) is 10.5 Å². The minimum absolute atomic E-state index is 0.00902. The van der Waals surface area contributed by atoms with Crippen molar-refractivity contribution in [3.05, 3.63) is 45.8 Å². The number of rotatable bonds is 6. The van der Waals surface area contributed by atoms with Gasteiger partial charge in [-0.2, -0.15) is 0 Å². The van der Waals surface area contributed by atoms with Crippen molar-refractivity contribution in [3.8, 4) is 5.75 Å². The molecular formula is C17H16Cl2N2O5. The number of benzene rings is 1. The zero-order chi connectivity index (χ0) is 18.7. The number of nitrogens with one attached hydrogen (secondary N) is 1. The van der Waals surface area contributed by atoms with E-state index < -0.39 is 23.8 Å². The fraction of sp³-hybridized carbons (Fsp3) is 0.353. The van der Waals surface area contributed by atoms with Crippen LogP contribution in [-0.4, -0.2) is 28.2 Å². The van der Waals surface area contributed by atoms with Crippen LogP contribution in [0.15, 0.2) is 28.8 Å². The van der Waals surface area contributed by atoms with E-state index in [-0.39, 0.29) is 12.3 Å². The van der Waals surface area contributed by atoms with Gasteiger partial charge in [0.15, 0.2) is 17.2 Å². The monoisotopic (exact) mass is 398 g/mol. The summed E-state index contributed by atoms with van der Waals surface area (Å²) < 4.78 is 10.6. The molecule has 2 N–H and O–H groups in total. The fourth-order valence-corrected chi connectivity index (χ4v) is 3.43. The standard InChI is InChI=1S/C17H16Cl2N2O5/c18-11-4-2-5-12(19)15(11)25-8-9-7-14(21-26-9)16(22)20-13-6-1-3-10(13)17(23)24/h2,4-5,7,10,13H,1,3,6,8H2,(H,20,22)(H,23,24)/t10-,13+/m1/s1. The molecule has 1 aromatic heterocycles. The smallest absolute Gasteiger partial charge is 0.308 e. The number of carbonyl (C=O) groups excluding carboxylic acids is 1. The van der Waals surface area contributed by atoms with Gasteiger partial charge in [0.2, 0.25) is 0 Å². The van der Waals surface area contributed by atoms with Crippen LogP contribution >= 0.6 is 23.2 Å². The predicted octanol–water partition coefficient (Wildman–Crippen LogP) is 3.54. The first-order chi connectivity index (χ1) is 12.5. The molecule has 2 aromatic rings. The van der Waals surface area contributed by atoms with Gasteiger partial charge in [0, 0.05) is 12.1 Å². The molecule has 0 bridgehead atoms. The van der Waals surface area contributed by atoms with Crippen LogP contribution in [0.2, 0.25) is 10.0 Å². The summed E-state index contributed by atoms with van der Waals surface area (Å²) in [5.41, 5.74) is 0.0601. The summed E-state index contributed by atoms with van der Waals surface area (Å²) >= 11 is 12.0. The minimum Gasteiger partial charge on any atom is -0.482 e. The Morgan fingerprint density at radius 3 is 2.73 bits per heavy atom. The molecular weight excluding hydrogens is 383 g/mol. The third-order valence-electron chi connectivity index (χ3n) is 4.22. The quantitative estimate of drug-likeness (QED) is 0.771. The lowest BCUT2D eigenvalue weighted by molar-refractivity contribution is -0.142. The molecule has 1 heterocycles. The lowest BCUT2D eigenvalue weighted by Crippen LogP contribution is -2.40. The van der Waals surface area contributed by atoms with Crippen LogP contribution in [0.3, 0.4) is 0 Å². The number of carbonyl (C=O) groups is 2. The van der Waals surface area contributed by atoms with Gasteiger partial charge in [-0.15, -0.1) is 0 Å². The van der Waals surface area contributed by atoms with Gasteiger partial charge in [-0.3, -0.25) is 9.59 Å². The highest BCUT2D eigenvalue weighted by molar-refractivity contribution is 6.37.